The molecule has 0 saturated heterocycles. The van der Waals surface area contributed by atoms with Gasteiger partial charge in [-0.05, 0) is 57.5 Å². The highest BCUT2D eigenvalue weighted by Crippen LogP contribution is 2.20. The Balaban J connectivity index is 1.60. The van der Waals surface area contributed by atoms with Crippen molar-refractivity contribution in [3.05, 3.63) is 76.1 Å². The first-order valence-corrected chi connectivity index (χ1v) is 8.91. The van der Waals surface area contributed by atoms with E-state index in [1.54, 1.807) is 12.1 Å². The number of nitrogens with zero attached hydrogens (tertiary/aromatic N) is 7. The lowest BCUT2D eigenvalue weighted by Crippen LogP contribution is -2.13. The van der Waals surface area contributed by atoms with Gasteiger partial charge in [-0.25, -0.2) is 18.1 Å². The minimum atomic E-state index is -0.557. The van der Waals surface area contributed by atoms with Crippen LogP contribution in [0.25, 0.3) is 11.4 Å². The largest absolute Gasteiger partial charge is 0.411 e. The molecule has 1 N–H and O–H groups in total. The van der Waals surface area contributed by atoms with Crippen molar-refractivity contribution in [1.82, 2.24) is 30.5 Å². The van der Waals surface area contributed by atoms with Crippen LogP contribution in [0.15, 0.2) is 52.2 Å². The Morgan fingerprint density at radius 2 is 1.93 bits per heavy atom. The van der Waals surface area contributed by atoms with Crippen LogP contribution >= 0.6 is 11.6 Å². The number of oxime groups is 1. The molecule has 12 heteroatoms. The highest BCUT2D eigenvalue weighted by atomic mass is 35.5. The third-order valence-corrected chi connectivity index (χ3v) is 4.53. The van der Waals surface area contributed by atoms with E-state index in [2.05, 4.69) is 31.0 Å². The molecule has 0 radical (unpaired) electrons. The third kappa shape index (κ3) is 4.01. The predicted octanol–water partition coefficient (Wildman–Crippen LogP) is 3.12. The average molecular weight is 432 g/mol. The summed E-state index contributed by atoms with van der Waals surface area (Å²) in [5, 5.41) is 31.8. The van der Waals surface area contributed by atoms with E-state index in [1.807, 2.05) is 0 Å². The van der Waals surface area contributed by atoms with Crippen LogP contribution in [-0.2, 0) is 13.0 Å². The molecular formula is C18H12ClF2N7O2. The van der Waals surface area contributed by atoms with Crippen molar-refractivity contribution in [2.75, 3.05) is 0 Å². The van der Waals surface area contributed by atoms with Crippen molar-refractivity contribution in [3.63, 3.8) is 0 Å². The number of rotatable bonds is 6. The molecule has 0 aliphatic rings. The summed E-state index contributed by atoms with van der Waals surface area (Å²) in [6.45, 7) is 0.0434. The van der Waals surface area contributed by atoms with E-state index in [9.17, 15) is 14.0 Å². The van der Waals surface area contributed by atoms with Gasteiger partial charge in [-0.1, -0.05) is 28.0 Å². The van der Waals surface area contributed by atoms with E-state index in [0.29, 0.717) is 22.6 Å². The number of halogens is 3. The smallest absolute Gasteiger partial charge is 0.182 e. The topological polar surface area (TPSA) is 115 Å². The van der Waals surface area contributed by atoms with Gasteiger partial charge in [-0.2, -0.15) is 0 Å². The Morgan fingerprint density at radius 1 is 1.13 bits per heavy atom. The maximum absolute atomic E-state index is 13.4. The number of benzene rings is 2. The molecule has 0 unspecified atom stereocenters. The molecule has 9 nitrogen and oxygen atoms in total. The maximum atomic E-state index is 13.4. The van der Waals surface area contributed by atoms with E-state index < -0.39 is 5.82 Å². The highest BCUT2D eigenvalue weighted by molar-refractivity contribution is 6.30. The van der Waals surface area contributed by atoms with Gasteiger partial charge in [0.15, 0.2) is 11.5 Å². The maximum Gasteiger partial charge on any atom is 0.182 e. The molecule has 0 atom stereocenters. The van der Waals surface area contributed by atoms with Crippen LogP contribution in [0.1, 0.15) is 17.0 Å². The molecular weight excluding hydrogens is 420 g/mol. The second kappa shape index (κ2) is 8.33. The molecule has 2 aromatic carbocycles. The zero-order chi connectivity index (χ0) is 21.1. The summed E-state index contributed by atoms with van der Waals surface area (Å²) < 4.78 is 32.8. The molecule has 4 rings (SSSR count). The Bertz CT molecular complexity index is 1210. The van der Waals surface area contributed by atoms with Gasteiger partial charge in [0.2, 0.25) is 0 Å². The summed E-state index contributed by atoms with van der Waals surface area (Å²) in [6, 6.07) is 9.81. The fourth-order valence-electron chi connectivity index (χ4n) is 2.80. The summed E-state index contributed by atoms with van der Waals surface area (Å²) in [5.41, 5.74) is 1.80. The molecule has 152 valence electrons. The van der Waals surface area contributed by atoms with E-state index >= 15 is 0 Å². The summed E-state index contributed by atoms with van der Waals surface area (Å²) in [6.07, 6.45) is 0.0954. The standard InChI is InChI=1S/C18H12ClF2N7O2/c19-13-7-10(1-6-14(13)21)8-15(23-29)17-16(24-30-25-17)9-28-18(22-26-27-28)11-2-4-12(20)5-3-11/h1-7,29H,8-9H2. The van der Waals surface area contributed by atoms with Crippen LogP contribution in [0.5, 0.6) is 0 Å². The Morgan fingerprint density at radius 3 is 2.67 bits per heavy atom. The summed E-state index contributed by atoms with van der Waals surface area (Å²) in [7, 11) is 0. The first-order chi connectivity index (χ1) is 14.5. The second-order valence-corrected chi connectivity index (χ2v) is 6.61. The van der Waals surface area contributed by atoms with Crippen molar-refractivity contribution in [1.29, 1.82) is 0 Å². The molecule has 0 saturated carbocycles. The van der Waals surface area contributed by atoms with Gasteiger partial charge in [0, 0.05) is 12.0 Å². The van der Waals surface area contributed by atoms with Gasteiger partial charge in [0.1, 0.15) is 23.0 Å². The molecule has 4 aromatic rings. The molecule has 0 fully saturated rings. The number of aromatic nitrogens is 6. The fraction of sp³-hybridized carbons (Fsp3) is 0.111. The quantitative estimate of drug-likeness (QED) is 0.283. The molecule has 0 spiro atoms. The van der Waals surface area contributed by atoms with Crippen molar-refractivity contribution < 1.29 is 18.6 Å². The van der Waals surface area contributed by atoms with Crippen LogP contribution in [0.2, 0.25) is 5.02 Å². The van der Waals surface area contributed by atoms with Crippen molar-refractivity contribution in [2.45, 2.75) is 13.0 Å². The van der Waals surface area contributed by atoms with Crippen LogP contribution in [-0.4, -0.2) is 41.4 Å². The Labute approximate surface area is 172 Å². The zero-order valence-electron chi connectivity index (χ0n) is 15.1. The van der Waals surface area contributed by atoms with Gasteiger partial charge in [0.05, 0.1) is 11.6 Å². The SMILES string of the molecule is ON=C(Cc1ccc(F)c(Cl)c1)c1nonc1Cn1nnnc1-c1ccc(F)cc1. The lowest BCUT2D eigenvalue weighted by atomic mass is 10.0. The van der Waals surface area contributed by atoms with Crippen LogP contribution in [0.3, 0.4) is 0 Å². The lowest BCUT2D eigenvalue weighted by Gasteiger charge is -2.06. The van der Waals surface area contributed by atoms with Gasteiger partial charge in [-0.15, -0.1) is 5.10 Å². The van der Waals surface area contributed by atoms with Crippen LogP contribution in [0.4, 0.5) is 8.78 Å². The normalized spacial score (nSPS) is 11.8. The number of tetrazole rings is 1. The summed E-state index contributed by atoms with van der Waals surface area (Å²) in [4.78, 5) is 0. The van der Waals surface area contributed by atoms with E-state index in [-0.39, 0.29) is 35.2 Å². The van der Waals surface area contributed by atoms with E-state index in [0.717, 1.165) is 0 Å². The molecule has 0 aliphatic carbocycles. The fourth-order valence-corrected chi connectivity index (χ4v) is 3.00. The third-order valence-electron chi connectivity index (χ3n) is 4.24. The van der Waals surface area contributed by atoms with Gasteiger partial charge in [-0.3, -0.25) is 0 Å². The minimum Gasteiger partial charge on any atom is -0.411 e. The lowest BCUT2D eigenvalue weighted by molar-refractivity contribution is 0.299. The van der Waals surface area contributed by atoms with Gasteiger partial charge in [0.25, 0.3) is 0 Å². The monoisotopic (exact) mass is 431 g/mol. The summed E-state index contributed by atoms with van der Waals surface area (Å²) in [5.74, 6) is -0.569. The van der Waals surface area contributed by atoms with Gasteiger partial charge >= 0.3 is 0 Å². The first kappa shape index (κ1) is 19.6. The first-order valence-electron chi connectivity index (χ1n) is 8.54. The summed E-state index contributed by atoms with van der Waals surface area (Å²) >= 11 is 5.80. The minimum absolute atomic E-state index is 0.0434. The van der Waals surface area contributed by atoms with E-state index in [4.69, 9.17) is 16.2 Å². The number of hydrogen-bond donors (Lipinski definition) is 1. The average Bonchev–Trinajstić information content (AvgIpc) is 3.39. The molecule has 0 aliphatic heterocycles. The highest BCUT2D eigenvalue weighted by Gasteiger charge is 2.20. The molecule has 0 amide bonds. The Hall–Kier alpha value is -3.73. The van der Waals surface area contributed by atoms with Crippen molar-refractivity contribution in [2.24, 2.45) is 5.16 Å². The number of hydrogen-bond acceptors (Lipinski definition) is 8. The van der Waals surface area contributed by atoms with Crippen LogP contribution in [0, 0.1) is 11.6 Å². The predicted molar refractivity (Wildman–Crippen MR) is 100 cm³/mol. The van der Waals surface area contributed by atoms with E-state index in [1.165, 1.54) is 35.0 Å². The molecule has 2 aromatic heterocycles. The zero-order valence-corrected chi connectivity index (χ0v) is 15.8. The molecule has 0 bridgehead atoms. The Kier molecular flexibility index (Phi) is 5.44. The van der Waals surface area contributed by atoms with Gasteiger partial charge < -0.3 is 5.21 Å². The van der Waals surface area contributed by atoms with Crippen molar-refractivity contribution in [3.8, 4) is 11.4 Å². The van der Waals surface area contributed by atoms with Crippen LogP contribution < -0.4 is 0 Å². The second-order valence-electron chi connectivity index (χ2n) is 6.20. The van der Waals surface area contributed by atoms with Crippen molar-refractivity contribution >= 4 is 17.3 Å². The molecule has 2 heterocycles. The molecule has 30 heavy (non-hydrogen) atoms.